The average molecular weight is 324 g/mol. The molecular formula is C17H20N6O. The lowest BCUT2D eigenvalue weighted by atomic mass is 10.2. The molecule has 0 aliphatic carbocycles. The normalized spacial score (nSPS) is 20.9. The zero-order valence-electron chi connectivity index (χ0n) is 14.0. The summed E-state index contributed by atoms with van der Waals surface area (Å²) in [6.07, 6.45) is 2.73. The minimum absolute atomic E-state index is 0.0802. The van der Waals surface area contributed by atoms with Crippen molar-refractivity contribution in [2.45, 2.75) is 25.5 Å². The van der Waals surface area contributed by atoms with Crippen LogP contribution >= 0.6 is 0 Å². The summed E-state index contributed by atoms with van der Waals surface area (Å²) in [6, 6.07) is 8.03. The second-order valence-electron chi connectivity index (χ2n) is 6.18. The van der Waals surface area contributed by atoms with Gasteiger partial charge >= 0.3 is 0 Å². The van der Waals surface area contributed by atoms with Crippen LogP contribution in [0, 0.1) is 6.92 Å². The van der Waals surface area contributed by atoms with Gasteiger partial charge in [0.15, 0.2) is 11.6 Å². The molecular weight excluding hydrogens is 304 g/mol. The van der Waals surface area contributed by atoms with Gasteiger partial charge in [0.05, 0.1) is 28.9 Å². The van der Waals surface area contributed by atoms with Gasteiger partial charge in [0, 0.05) is 27.1 Å². The maximum atomic E-state index is 5.61. The van der Waals surface area contributed by atoms with Gasteiger partial charge in [-0.05, 0) is 19.1 Å². The Kier molecular flexibility index (Phi) is 3.65. The Morgan fingerprint density at radius 1 is 1.17 bits per heavy atom. The van der Waals surface area contributed by atoms with Crippen molar-refractivity contribution in [2.75, 3.05) is 18.6 Å². The van der Waals surface area contributed by atoms with Gasteiger partial charge in [-0.15, -0.1) is 10.2 Å². The predicted molar refractivity (Wildman–Crippen MR) is 90.8 cm³/mol. The maximum absolute atomic E-state index is 5.61. The molecule has 0 bridgehead atoms. The maximum Gasteiger partial charge on any atom is 0.155 e. The van der Waals surface area contributed by atoms with Crippen LogP contribution < -0.4 is 4.90 Å². The van der Waals surface area contributed by atoms with Crippen LogP contribution in [0.1, 0.15) is 24.0 Å². The van der Waals surface area contributed by atoms with Gasteiger partial charge < -0.3 is 14.2 Å². The minimum atomic E-state index is 0.0802. The molecule has 2 atom stereocenters. The summed E-state index contributed by atoms with van der Waals surface area (Å²) in [7, 11) is 3.72. The molecule has 1 aromatic carbocycles. The van der Waals surface area contributed by atoms with E-state index in [9.17, 15) is 0 Å². The summed E-state index contributed by atoms with van der Waals surface area (Å²) in [5, 5.41) is 8.33. The quantitative estimate of drug-likeness (QED) is 0.734. The molecule has 4 rings (SSSR count). The number of hydrogen-bond donors (Lipinski definition) is 0. The highest BCUT2D eigenvalue weighted by atomic mass is 16.5. The third kappa shape index (κ3) is 2.41. The highest BCUT2D eigenvalue weighted by Gasteiger charge is 2.37. The molecule has 24 heavy (non-hydrogen) atoms. The Bertz CT molecular complexity index is 876. The second kappa shape index (κ2) is 5.83. The molecule has 3 heterocycles. The number of anilines is 1. The van der Waals surface area contributed by atoms with E-state index in [4.69, 9.17) is 14.7 Å². The van der Waals surface area contributed by atoms with Gasteiger partial charge in [0.1, 0.15) is 6.33 Å². The van der Waals surface area contributed by atoms with Crippen molar-refractivity contribution in [3.63, 3.8) is 0 Å². The van der Waals surface area contributed by atoms with E-state index in [1.807, 2.05) is 42.8 Å². The monoisotopic (exact) mass is 324 g/mol. The van der Waals surface area contributed by atoms with Crippen LogP contribution in [0.4, 0.5) is 5.82 Å². The molecule has 0 radical (unpaired) electrons. The van der Waals surface area contributed by atoms with Crippen molar-refractivity contribution in [3.8, 4) is 0 Å². The number of rotatable bonds is 3. The van der Waals surface area contributed by atoms with E-state index in [1.165, 1.54) is 0 Å². The van der Waals surface area contributed by atoms with E-state index < -0.39 is 0 Å². The lowest BCUT2D eigenvalue weighted by Crippen LogP contribution is -2.28. The number of nitrogens with zero attached hydrogens (tertiary/aromatic N) is 6. The number of hydrogen-bond acceptors (Lipinski definition) is 6. The van der Waals surface area contributed by atoms with Crippen LogP contribution in [-0.4, -0.2) is 44.5 Å². The SMILES string of the molecule is CO[C@@H]1C[C@@H](c2nncn2C)N(c2nc3ccccc3nc2C)C1. The van der Waals surface area contributed by atoms with Crippen molar-refractivity contribution in [1.82, 2.24) is 24.7 Å². The molecule has 1 saturated heterocycles. The lowest BCUT2D eigenvalue weighted by Gasteiger charge is -2.25. The van der Waals surface area contributed by atoms with Crippen LogP contribution in [-0.2, 0) is 11.8 Å². The fourth-order valence-corrected chi connectivity index (χ4v) is 3.39. The van der Waals surface area contributed by atoms with Crippen molar-refractivity contribution < 1.29 is 4.74 Å². The summed E-state index contributed by atoms with van der Waals surface area (Å²) in [5.74, 6) is 1.81. The van der Waals surface area contributed by atoms with Crippen molar-refractivity contribution in [2.24, 2.45) is 7.05 Å². The summed E-state index contributed by atoms with van der Waals surface area (Å²) < 4.78 is 7.57. The average Bonchev–Trinajstić information content (AvgIpc) is 3.19. The molecule has 1 aliphatic heterocycles. The Hall–Kier alpha value is -2.54. The number of ether oxygens (including phenoxy) is 1. The van der Waals surface area contributed by atoms with Gasteiger partial charge in [-0.2, -0.15) is 0 Å². The fourth-order valence-electron chi connectivity index (χ4n) is 3.39. The predicted octanol–water partition coefficient (Wildman–Crippen LogP) is 2.03. The van der Waals surface area contributed by atoms with Crippen LogP contribution in [0.2, 0.25) is 0 Å². The molecule has 1 fully saturated rings. The number of para-hydroxylation sites is 2. The van der Waals surface area contributed by atoms with Gasteiger partial charge in [-0.1, -0.05) is 12.1 Å². The van der Waals surface area contributed by atoms with E-state index >= 15 is 0 Å². The summed E-state index contributed by atoms with van der Waals surface area (Å²) in [6.45, 7) is 2.77. The summed E-state index contributed by atoms with van der Waals surface area (Å²) in [5.41, 5.74) is 2.73. The Morgan fingerprint density at radius 3 is 2.58 bits per heavy atom. The van der Waals surface area contributed by atoms with Gasteiger partial charge in [-0.3, -0.25) is 0 Å². The van der Waals surface area contributed by atoms with Crippen molar-refractivity contribution in [1.29, 1.82) is 0 Å². The molecule has 7 nitrogen and oxygen atoms in total. The molecule has 3 aromatic rings. The number of aromatic nitrogens is 5. The van der Waals surface area contributed by atoms with E-state index in [0.717, 1.165) is 41.3 Å². The van der Waals surface area contributed by atoms with Crippen LogP contribution in [0.25, 0.3) is 11.0 Å². The van der Waals surface area contributed by atoms with E-state index in [0.29, 0.717) is 0 Å². The van der Waals surface area contributed by atoms with Crippen molar-refractivity contribution in [3.05, 3.63) is 42.1 Å². The first-order valence-electron chi connectivity index (χ1n) is 8.04. The topological polar surface area (TPSA) is 69.0 Å². The first-order chi connectivity index (χ1) is 11.7. The number of aryl methyl sites for hydroxylation is 2. The van der Waals surface area contributed by atoms with E-state index in [1.54, 1.807) is 13.4 Å². The summed E-state index contributed by atoms with van der Waals surface area (Å²) >= 11 is 0. The number of methoxy groups -OCH3 is 1. The van der Waals surface area contributed by atoms with E-state index in [-0.39, 0.29) is 12.1 Å². The highest BCUT2D eigenvalue weighted by Crippen LogP contribution is 2.36. The smallest absolute Gasteiger partial charge is 0.155 e. The third-order valence-electron chi connectivity index (χ3n) is 4.63. The van der Waals surface area contributed by atoms with Gasteiger partial charge in [-0.25, -0.2) is 9.97 Å². The molecule has 0 saturated carbocycles. The summed E-state index contributed by atoms with van der Waals surface area (Å²) in [4.78, 5) is 11.8. The largest absolute Gasteiger partial charge is 0.380 e. The van der Waals surface area contributed by atoms with Gasteiger partial charge in [0.2, 0.25) is 0 Å². The van der Waals surface area contributed by atoms with Gasteiger partial charge in [0.25, 0.3) is 0 Å². The molecule has 0 N–H and O–H groups in total. The lowest BCUT2D eigenvalue weighted by molar-refractivity contribution is 0.118. The Morgan fingerprint density at radius 2 is 1.92 bits per heavy atom. The fraction of sp³-hybridized carbons (Fsp3) is 0.412. The molecule has 2 aromatic heterocycles. The first kappa shape index (κ1) is 15.0. The number of fused-ring (bicyclic) bond motifs is 1. The van der Waals surface area contributed by atoms with Crippen LogP contribution in [0.5, 0.6) is 0 Å². The molecule has 1 aliphatic rings. The van der Waals surface area contributed by atoms with Crippen LogP contribution in [0.15, 0.2) is 30.6 Å². The van der Waals surface area contributed by atoms with Crippen LogP contribution in [0.3, 0.4) is 0 Å². The Labute approximate surface area is 140 Å². The zero-order valence-corrected chi connectivity index (χ0v) is 14.0. The van der Waals surface area contributed by atoms with Crippen molar-refractivity contribution >= 4 is 16.9 Å². The molecule has 124 valence electrons. The molecule has 0 amide bonds. The molecule has 7 heteroatoms. The highest BCUT2D eigenvalue weighted by molar-refractivity contribution is 5.76. The standard InChI is InChI=1S/C17H20N6O/c1-11-16(20-14-7-5-4-6-13(14)19-11)23-9-12(24-3)8-15(23)17-21-18-10-22(17)2/h4-7,10,12,15H,8-9H2,1-3H3/t12-,15+/m1/s1. The molecule has 0 unspecified atom stereocenters. The van der Waals surface area contributed by atoms with E-state index in [2.05, 4.69) is 15.1 Å². The second-order valence-corrected chi connectivity index (χ2v) is 6.18. The first-order valence-corrected chi connectivity index (χ1v) is 8.04. The minimum Gasteiger partial charge on any atom is -0.380 e. The zero-order chi connectivity index (χ0) is 16.7. The Balaban J connectivity index is 1.81. The third-order valence-corrected chi connectivity index (χ3v) is 4.63. The molecule has 0 spiro atoms. The number of benzene rings is 1.